The molecule has 46 heavy (non-hydrogen) atoms. The van der Waals surface area contributed by atoms with E-state index in [1.807, 2.05) is 60.7 Å². The van der Waals surface area contributed by atoms with E-state index in [0.29, 0.717) is 36.7 Å². The average molecular weight is 635 g/mol. The largest absolute Gasteiger partial charge is 0.493 e. The van der Waals surface area contributed by atoms with Gasteiger partial charge in [-0.1, -0.05) is 18.2 Å². The van der Waals surface area contributed by atoms with Crippen LogP contribution in [0.3, 0.4) is 0 Å². The minimum absolute atomic E-state index is 0.161. The smallest absolute Gasteiger partial charge is 0.257 e. The van der Waals surface area contributed by atoms with E-state index in [1.54, 1.807) is 30.2 Å². The van der Waals surface area contributed by atoms with Crippen LogP contribution in [0.25, 0.3) is 11.1 Å². The van der Waals surface area contributed by atoms with Crippen molar-refractivity contribution in [1.29, 1.82) is 0 Å². The molecule has 2 N–H and O–H groups in total. The van der Waals surface area contributed by atoms with Gasteiger partial charge in [0.25, 0.3) is 5.91 Å². The highest BCUT2D eigenvalue weighted by Crippen LogP contribution is 2.38. The topological polar surface area (TPSA) is 94.2 Å². The van der Waals surface area contributed by atoms with Crippen LogP contribution in [-0.4, -0.2) is 50.9 Å². The monoisotopic (exact) mass is 634 g/mol. The van der Waals surface area contributed by atoms with Crippen LogP contribution in [0.5, 0.6) is 17.2 Å². The van der Waals surface area contributed by atoms with Crippen molar-refractivity contribution in [1.82, 2.24) is 4.98 Å². The molecule has 1 amide bonds. The maximum atomic E-state index is 13.3. The second kappa shape index (κ2) is 13.5. The predicted octanol–water partition coefficient (Wildman–Crippen LogP) is 7.17. The number of hydrogen-bond donors (Lipinski definition) is 2. The molecule has 10 heteroatoms. The van der Waals surface area contributed by atoms with Gasteiger partial charge in [0.15, 0.2) is 11.5 Å². The molecule has 0 unspecified atom stereocenters. The number of fused-ring (bicyclic) bond motifs is 2. The predicted molar refractivity (Wildman–Crippen MR) is 181 cm³/mol. The molecule has 5 aromatic rings. The van der Waals surface area contributed by atoms with Crippen LogP contribution in [0, 0.1) is 0 Å². The van der Waals surface area contributed by atoms with E-state index in [2.05, 4.69) is 38.7 Å². The van der Waals surface area contributed by atoms with Crippen LogP contribution in [0.15, 0.2) is 90.6 Å². The van der Waals surface area contributed by atoms with Gasteiger partial charge in [0.1, 0.15) is 12.4 Å². The normalized spacial score (nSPS) is 13.9. The summed E-state index contributed by atoms with van der Waals surface area (Å²) < 4.78 is 23.1. The molecule has 0 bridgehead atoms. The van der Waals surface area contributed by atoms with Gasteiger partial charge in [0.05, 0.1) is 59.9 Å². The third kappa shape index (κ3) is 6.63. The van der Waals surface area contributed by atoms with Crippen LogP contribution in [0.1, 0.15) is 20.8 Å². The third-order valence-corrected chi connectivity index (χ3v) is 8.84. The Morgan fingerprint density at radius 3 is 2.48 bits per heavy atom. The summed E-state index contributed by atoms with van der Waals surface area (Å²) in [6.07, 6.45) is 2.50. The van der Waals surface area contributed by atoms with Crippen LogP contribution in [-0.2, 0) is 17.8 Å². The number of carbonyl (C=O) groups is 1. The van der Waals surface area contributed by atoms with Crippen LogP contribution in [0.4, 0.5) is 22.7 Å². The number of rotatable bonds is 10. The van der Waals surface area contributed by atoms with Gasteiger partial charge in [-0.25, -0.2) is 0 Å². The standard InChI is InChI=1S/C36H34N4O5S/c1-42-35-20-26(4-11-34(35)45-22-29-21-37-23-46-29)25-3-9-30-32(19-25)38-31-10-2-24(18-33(31)39-36(30)41)12-15-44-28-7-5-27(6-8-28)40-13-16-43-17-14-40/h2-11,18-21,23,38H,12-17,22H2,1H3,(H,39,41). The minimum atomic E-state index is -0.161. The summed E-state index contributed by atoms with van der Waals surface area (Å²) in [5.74, 6) is 1.97. The van der Waals surface area contributed by atoms with Crippen molar-refractivity contribution in [3.8, 4) is 28.4 Å². The van der Waals surface area contributed by atoms with E-state index in [4.69, 9.17) is 18.9 Å². The molecule has 7 rings (SSSR count). The molecular formula is C36H34N4O5S. The van der Waals surface area contributed by atoms with Gasteiger partial charge in [0.2, 0.25) is 0 Å². The highest BCUT2D eigenvalue weighted by atomic mass is 32.1. The zero-order valence-corrected chi connectivity index (χ0v) is 26.3. The molecule has 3 heterocycles. The van der Waals surface area contributed by atoms with Crippen molar-refractivity contribution in [3.05, 3.63) is 107 Å². The van der Waals surface area contributed by atoms with Crippen molar-refractivity contribution in [2.75, 3.05) is 55.6 Å². The van der Waals surface area contributed by atoms with Gasteiger partial charge >= 0.3 is 0 Å². The van der Waals surface area contributed by atoms with Gasteiger partial charge in [-0.05, 0) is 77.4 Å². The lowest BCUT2D eigenvalue weighted by Gasteiger charge is -2.28. The van der Waals surface area contributed by atoms with Gasteiger partial charge in [-0.3, -0.25) is 9.78 Å². The molecule has 0 spiro atoms. The molecule has 1 saturated heterocycles. The Morgan fingerprint density at radius 1 is 0.848 bits per heavy atom. The van der Waals surface area contributed by atoms with E-state index >= 15 is 0 Å². The average Bonchev–Trinajstić information content (AvgIpc) is 3.58. The first-order chi connectivity index (χ1) is 22.6. The van der Waals surface area contributed by atoms with Crippen LogP contribution >= 0.6 is 11.3 Å². The molecule has 1 aromatic heterocycles. The van der Waals surface area contributed by atoms with Crippen LogP contribution in [0.2, 0.25) is 0 Å². The molecule has 0 radical (unpaired) electrons. The molecule has 9 nitrogen and oxygen atoms in total. The van der Waals surface area contributed by atoms with E-state index in [-0.39, 0.29) is 5.91 Å². The molecule has 0 aliphatic carbocycles. The molecule has 1 fully saturated rings. The molecule has 2 aliphatic heterocycles. The fraction of sp³-hybridized carbons (Fsp3) is 0.222. The lowest BCUT2D eigenvalue weighted by Crippen LogP contribution is -2.36. The van der Waals surface area contributed by atoms with Crippen molar-refractivity contribution in [2.45, 2.75) is 13.0 Å². The Morgan fingerprint density at radius 2 is 1.67 bits per heavy atom. The number of nitrogens with zero attached hydrogens (tertiary/aromatic N) is 2. The number of aromatic nitrogens is 1. The van der Waals surface area contributed by atoms with E-state index in [0.717, 1.165) is 70.7 Å². The maximum absolute atomic E-state index is 13.3. The first-order valence-corrected chi connectivity index (χ1v) is 16.1. The molecule has 0 atom stereocenters. The van der Waals surface area contributed by atoms with E-state index in [9.17, 15) is 4.79 Å². The Balaban J connectivity index is 1.01. The Bertz CT molecular complexity index is 1820. The number of methoxy groups -OCH3 is 1. The summed E-state index contributed by atoms with van der Waals surface area (Å²) in [5, 5.41) is 6.55. The minimum Gasteiger partial charge on any atom is -0.493 e. The molecule has 0 saturated carbocycles. The van der Waals surface area contributed by atoms with Crippen molar-refractivity contribution in [3.63, 3.8) is 0 Å². The summed E-state index contributed by atoms with van der Waals surface area (Å²) in [6, 6.07) is 25.9. The number of carbonyl (C=O) groups excluding carboxylic acids is 1. The van der Waals surface area contributed by atoms with Gasteiger partial charge < -0.3 is 34.5 Å². The summed E-state index contributed by atoms with van der Waals surface area (Å²) in [6.45, 7) is 4.29. The molecule has 4 aromatic carbocycles. The zero-order valence-electron chi connectivity index (χ0n) is 25.5. The van der Waals surface area contributed by atoms with Crippen LogP contribution < -0.4 is 29.7 Å². The summed E-state index contributed by atoms with van der Waals surface area (Å²) in [4.78, 5) is 20.7. The van der Waals surface area contributed by atoms with Crippen molar-refractivity contribution >= 4 is 40.0 Å². The number of benzene rings is 4. The molecule has 2 aliphatic rings. The fourth-order valence-electron chi connectivity index (χ4n) is 5.61. The van der Waals surface area contributed by atoms with E-state index < -0.39 is 0 Å². The Kier molecular flexibility index (Phi) is 8.71. The van der Waals surface area contributed by atoms with Crippen molar-refractivity contribution in [2.24, 2.45) is 0 Å². The molecular weight excluding hydrogens is 600 g/mol. The second-order valence-electron chi connectivity index (χ2n) is 11.0. The summed E-state index contributed by atoms with van der Waals surface area (Å²) >= 11 is 1.55. The number of morpholine rings is 1. The van der Waals surface area contributed by atoms with Gasteiger partial charge in [-0.15, -0.1) is 11.3 Å². The lowest BCUT2D eigenvalue weighted by atomic mass is 10.0. The number of ether oxygens (including phenoxy) is 4. The van der Waals surface area contributed by atoms with Gasteiger partial charge in [0, 0.05) is 31.4 Å². The number of nitrogens with one attached hydrogen (secondary N) is 2. The number of thiazole rings is 1. The number of hydrogen-bond acceptors (Lipinski definition) is 9. The highest BCUT2D eigenvalue weighted by Gasteiger charge is 2.20. The number of amides is 1. The number of anilines is 4. The van der Waals surface area contributed by atoms with E-state index in [1.165, 1.54) is 5.69 Å². The van der Waals surface area contributed by atoms with Gasteiger partial charge in [-0.2, -0.15) is 0 Å². The quantitative estimate of drug-likeness (QED) is 0.167. The highest BCUT2D eigenvalue weighted by molar-refractivity contribution is 7.09. The van der Waals surface area contributed by atoms with Crippen molar-refractivity contribution < 1.29 is 23.7 Å². The first-order valence-electron chi connectivity index (χ1n) is 15.2. The molecule has 234 valence electrons. The SMILES string of the molecule is COc1cc(-c2ccc3c(c2)Nc2ccc(CCOc4ccc(N5CCOCC5)cc4)cc2NC3=O)ccc1OCc1cncs1. The Labute approximate surface area is 271 Å². The summed E-state index contributed by atoms with van der Waals surface area (Å²) in [5.41, 5.74) is 8.80. The summed E-state index contributed by atoms with van der Waals surface area (Å²) in [7, 11) is 1.63. The maximum Gasteiger partial charge on any atom is 0.257 e. The fourth-order valence-corrected chi connectivity index (χ4v) is 6.12. The third-order valence-electron chi connectivity index (χ3n) is 8.09. The first kappa shape index (κ1) is 29.6. The second-order valence-corrected chi connectivity index (χ2v) is 12.0. The Hall–Kier alpha value is -5.06. The zero-order chi connectivity index (χ0) is 31.3. The lowest BCUT2D eigenvalue weighted by molar-refractivity contribution is 0.102.